The standard InChI is InChI=1S/C6H11O.C4H11N.CH4.Y/c1-3-6(4-2)5-7;1-5(2,3)4;;/h6H,3-4H2,1-2H3;1H2,2-4H3;1H4;/q-1;;;. The quantitative estimate of drug-likeness (QED) is 0.572. The van der Waals surface area contributed by atoms with Gasteiger partial charge in [-0.3, -0.25) is 6.29 Å². The average molecular weight is 277 g/mol. The molecule has 0 bridgehead atoms. The van der Waals surface area contributed by atoms with Crippen LogP contribution in [0, 0.1) is 13.0 Å². The molecule has 14 heavy (non-hydrogen) atoms. The summed E-state index contributed by atoms with van der Waals surface area (Å²) in [6.45, 7) is 4.00. The molecule has 0 aromatic rings. The normalized spacial score (nSPS) is 9.07. The van der Waals surface area contributed by atoms with Gasteiger partial charge in [0.25, 0.3) is 0 Å². The predicted molar refractivity (Wildman–Crippen MR) is 59.9 cm³/mol. The third-order valence-electron chi connectivity index (χ3n) is 1.15. The number of hydrogen-bond donors (Lipinski definition) is 0. The van der Waals surface area contributed by atoms with E-state index in [1.54, 1.807) is 0 Å². The third kappa shape index (κ3) is 38.7. The van der Waals surface area contributed by atoms with E-state index < -0.39 is 0 Å². The molecule has 0 saturated carbocycles. The van der Waals surface area contributed by atoms with E-state index >= 15 is 0 Å². The summed E-state index contributed by atoms with van der Waals surface area (Å²) in [5, 5.41) is 0. The van der Waals surface area contributed by atoms with Gasteiger partial charge in [-0.2, -0.15) is 0 Å². The summed E-state index contributed by atoms with van der Waals surface area (Å²) in [6, 6.07) is 0. The van der Waals surface area contributed by atoms with Crippen LogP contribution in [-0.4, -0.2) is 31.9 Å². The first kappa shape index (κ1) is 24.1. The Balaban J connectivity index is -0.0000000651. The Labute approximate surface area is 116 Å². The van der Waals surface area contributed by atoms with E-state index in [4.69, 9.17) is 0 Å². The molecule has 0 unspecified atom stereocenters. The van der Waals surface area contributed by atoms with Gasteiger partial charge in [0, 0.05) is 53.9 Å². The Bertz CT molecular complexity index is 100. The van der Waals surface area contributed by atoms with Gasteiger partial charge in [-0.15, -0.1) is 13.0 Å². The summed E-state index contributed by atoms with van der Waals surface area (Å²) < 4.78 is 0.750. The molecular formula is C11H26NOY-. The zero-order valence-corrected chi connectivity index (χ0v) is 12.5. The molecule has 85 valence electrons. The number of quaternary nitrogens is 1. The Kier molecular flexibility index (Phi) is 23.7. The maximum absolute atomic E-state index is 9.84. The van der Waals surface area contributed by atoms with E-state index in [9.17, 15) is 4.79 Å². The Morgan fingerprint density at radius 1 is 1.21 bits per heavy atom. The summed E-state index contributed by atoms with van der Waals surface area (Å²) in [7, 11) is 9.75. The molecule has 0 spiro atoms. The summed E-state index contributed by atoms with van der Waals surface area (Å²) >= 11 is 0. The Hall–Kier alpha value is 0.734. The molecule has 0 aliphatic heterocycles. The monoisotopic (exact) mass is 277 g/mol. The van der Waals surface area contributed by atoms with Gasteiger partial charge < -0.3 is 9.28 Å². The van der Waals surface area contributed by atoms with E-state index in [1.807, 2.05) is 41.3 Å². The van der Waals surface area contributed by atoms with E-state index in [0.717, 1.165) is 17.3 Å². The maximum Gasteiger partial charge on any atom is 0.0434 e. The molecule has 1 radical (unpaired) electrons. The first-order valence-corrected chi connectivity index (χ1v) is 4.38. The van der Waals surface area contributed by atoms with Gasteiger partial charge in [-0.1, -0.05) is 34.1 Å². The Morgan fingerprint density at radius 2 is 1.43 bits per heavy atom. The van der Waals surface area contributed by atoms with Crippen LogP contribution in [0.2, 0.25) is 0 Å². The molecule has 0 rings (SSSR count). The van der Waals surface area contributed by atoms with Crippen molar-refractivity contribution in [1.82, 2.24) is 0 Å². The fraction of sp³-hybridized carbons (Fsp3) is 0.818. The molecule has 0 N–H and O–H groups in total. The summed E-state index contributed by atoms with van der Waals surface area (Å²) in [5.74, 6) is 0.181. The average Bonchev–Trinajstić information content (AvgIpc) is 1.88. The van der Waals surface area contributed by atoms with Crippen LogP contribution in [0.5, 0.6) is 0 Å². The smallest absolute Gasteiger partial charge is 0.0434 e. The minimum atomic E-state index is 0. The van der Waals surface area contributed by atoms with Crippen LogP contribution < -0.4 is 0 Å². The van der Waals surface area contributed by atoms with Crippen LogP contribution in [-0.2, 0) is 37.5 Å². The van der Waals surface area contributed by atoms with Crippen LogP contribution >= 0.6 is 0 Å². The van der Waals surface area contributed by atoms with Crippen molar-refractivity contribution in [2.24, 2.45) is 5.92 Å². The molecule has 3 heteroatoms. The number of carbonyl (C=O) groups excluding carboxylic acids is 1. The van der Waals surface area contributed by atoms with Gasteiger partial charge in [0.15, 0.2) is 0 Å². The second-order valence-corrected chi connectivity index (χ2v) is 3.92. The summed E-state index contributed by atoms with van der Waals surface area (Å²) in [6.07, 6.45) is 3.81. The molecule has 0 atom stereocenters. The van der Waals surface area contributed by atoms with Crippen molar-refractivity contribution < 1.29 is 42.0 Å². The van der Waals surface area contributed by atoms with Crippen molar-refractivity contribution in [1.29, 1.82) is 0 Å². The molecule has 0 aromatic heterocycles. The van der Waals surface area contributed by atoms with E-state index in [-0.39, 0.29) is 46.1 Å². The van der Waals surface area contributed by atoms with Crippen LogP contribution in [0.25, 0.3) is 0 Å². The molecule has 2 nitrogen and oxygen atoms in total. The molecule has 0 amide bonds. The molecule has 0 saturated heterocycles. The van der Waals surface area contributed by atoms with Crippen LogP contribution in [0.1, 0.15) is 34.1 Å². The van der Waals surface area contributed by atoms with Crippen LogP contribution in [0.15, 0.2) is 0 Å². The molecule has 0 aliphatic carbocycles. The topological polar surface area (TPSA) is 17.1 Å². The zero-order valence-electron chi connectivity index (χ0n) is 9.63. The van der Waals surface area contributed by atoms with Gasteiger partial charge in [-0.05, 0) is 0 Å². The first-order valence-electron chi connectivity index (χ1n) is 4.38. The van der Waals surface area contributed by atoms with Gasteiger partial charge in [0.2, 0.25) is 0 Å². The van der Waals surface area contributed by atoms with Gasteiger partial charge in [-0.25, -0.2) is 0 Å². The van der Waals surface area contributed by atoms with E-state index in [0.29, 0.717) is 0 Å². The number of nitrogens with zero attached hydrogens (tertiary/aromatic N) is 1. The van der Waals surface area contributed by atoms with Crippen molar-refractivity contribution in [3.63, 3.8) is 0 Å². The van der Waals surface area contributed by atoms with Crippen LogP contribution in [0.4, 0.5) is 0 Å². The molecule has 0 heterocycles. The Morgan fingerprint density at radius 3 is 1.43 bits per heavy atom. The SMILES string of the molecule is C.CCC([C-]=O)CC.[CH2-][N+](C)(C)C.[Y]. The zero-order chi connectivity index (χ0) is 10.2. The number of hydrogen-bond acceptors (Lipinski definition) is 1. The first-order chi connectivity index (χ1) is 5.35. The molecule has 0 aromatic carbocycles. The fourth-order valence-electron chi connectivity index (χ4n) is 0.455. The van der Waals surface area contributed by atoms with Crippen molar-refractivity contribution >= 4 is 6.29 Å². The fourth-order valence-corrected chi connectivity index (χ4v) is 0.455. The molecule has 0 aliphatic rings. The molecular weight excluding hydrogens is 251 g/mol. The number of rotatable bonds is 3. The van der Waals surface area contributed by atoms with Crippen molar-refractivity contribution in [2.45, 2.75) is 34.1 Å². The second-order valence-electron chi connectivity index (χ2n) is 3.92. The summed E-state index contributed by atoms with van der Waals surface area (Å²) in [5.41, 5.74) is 0. The maximum atomic E-state index is 9.84. The largest absolute Gasteiger partial charge is 0.542 e. The summed E-state index contributed by atoms with van der Waals surface area (Å²) in [4.78, 5) is 9.84. The van der Waals surface area contributed by atoms with Crippen molar-refractivity contribution in [2.75, 3.05) is 21.1 Å². The van der Waals surface area contributed by atoms with Crippen LogP contribution in [0.3, 0.4) is 0 Å². The van der Waals surface area contributed by atoms with Gasteiger partial charge >= 0.3 is 0 Å². The van der Waals surface area contributed by atoms with E-state index in [2.05, 4.69) is 7.05 Å². The predicted octanol–water partition coefficient (Wildman–Crippen LogP) is 2.65. The van der Waals surface area contributed by atoms with E-state index in [1.165, 1.54) is 0 Å². The van der Waals surface area contributed by atoms with Gasteiger partial charge in [0.05, 0.1) is 0 Å². The minimum absolute atomic E-state index is 0. The van der Waals surface area contributed by atoms with Gasteiger partial charge in [0.1, 0.15) is 0 Å². The minimum Gasteiger partial charge on any atom is -0.542 e. The third-order valence-corrected chi connectivity index (χ3v) is 1.15. The second kappa shape index (κ2) is 13.7. The van der Waals surface area contributed by atoms with Crippen molar-refractivity contribution in [3.8, 4) is 0 Å². The molecule has 0 fully saturated rings. The van der Waals surface area contributed by atoms with Crippen molar-refractivity contribution in [3.05, 3.63) is 7.05 Å².